The van der Waals surface area contributed by atoms with E-state index in [0.29, 0.717) is 23.3 Å². The molecule has 9 heteroatoms. The molecule has 3 aliphatic rings. The summed E-state index contributed by atoms with van der Waals surface area (Å²) in [6, 6.07) is 8.00. The van der Waals surface area contributed by atoms with Gasteiger partial charge in [0.05, 0.1) is 17.1 Å². The Bertz CT molecular complexity index is 775. The van der Waals surface area contributed by atoms with Crippen molar-refractivity contribution in [3.8, 4) is 5.75 Å². The summed E-state index contributed by atoms with van der Waals surface area (Å²) in [5.41, 5.74) is 0. The van der Waals surface area contributed by atoms with Gasteiger partial charge in [0.2, 0.25) is 5.91 Å². The zero-order chi connectivity index (χ0) is 21.6. The molecule has 2 N–H and O–H groups in total. The average Bonchev–Trinajstić information content (AvgIpc) is 3.32. The first kappa shape index (κ1) is 22.6. The van der Waals surface area contributed by atoms with E-state index in [9.17, 15) is 9.59 Å². The quantitative estimate of drug-likeness (QED) is 0.432. The molecule has 3 aliphatic heterocycles. The van der Waals surface area contributed by atoms with E-state index in [1.54, 1.807) is 0 Å². The third kappa shape index (κ3) is 5.99. The van der Waals surface area contributed by atoms with E-state index in [1.807, 2.05) is 40.9 Å². The predicted molar refractivity (Wildman–Crippen MR) is 124 cm³/mol. The first-order chi connectivity index (χ1) is 15.1. The Kier molecular flexibility index (Phi) is 7.85. The fourth-order valence-corrected chi connectivity index (χ4v) is 6.22. The molecule has 0 aromatic heterocycles. The molecule has 0 unspecified atom stereocenters. The van der Waals surface area contributed by atoms with Crippen molar-refractivity contribution in [1.29, 1.82) is 0 Å². The SMILES string of the molecule is O=C1N[C@H]2[C@H](CS[C@H]2CCCCC(=O)N2CCN(CCOc3ccccc3Cl)CC2)N1. The van der Waals surface area contributed by atoms with Crippen molar-refractivity contribution in [1.82, 2.24) is 20.4 Å². The van der Waals surface area contributed by atoms with Gasteiger partial charge in [-0.25, -0.2) is 4.79 Å². The van der Waals surface area contributed by atoms with E-state index in [-0.39, 0.29) is 24.0 Å². The van der Waals surface area contributed by atoms with Crippen LogP contribution in [0.2, 0.25) is 5.02 Å². The van der Waals surface area contributed by atoms with Crippen LogP contribution in [0, 0.1) is 0 Å². The van der Waals surface area contributed by atoms with E-state index < -0.39 is 0 Å². The minimum atomic E-state index is -0.0370. The Morgan fingerprint density at radius 1 is 1.16 bits per heavy atom. The Labute approximate surface area is 193 Å². The van der Waals surface area contributed by atoms with Gasteiger partial charge in [0.1, 0.15) is 12.4 Å². The van der Waals surface area contributed by atoms with E-state index >= 15 is 0 Å². The van der Waals surface area contributed by atoms with Crippen LogP contribution in [0.1, 0.15) is 25.7 Å². The summed E-state index contributed by atoms with van der Waals surface area (Å²) in [5, 5.41) is 7.11. The number of rotatable bonds is 9. The number of piperazine rings is 1. The second-order valence-electron chi connectivity index (χ2n) is 8.37. The number of benzene rings is 1. The van der Waals surface area contributed by atoms with E-state index in [0.717, 1.165) is 63.5 Å². The molecule has 0 bridgehead atoms. The Balaban J connectivity index is 1.07. The maximum absolute atomic E-state index is 12.6. The van der Waals surface area contributed by atoms with Crippen LogP contribution in [0.25, 0.3) is 0 Å². The standard InChI is InChI=1S/C22H31ClN4O3S/c23-16-5-1-2-6-18(16)30-14-13-26-9-11-27(12-10-26)20(28)8-4-3-7-19-21-17(15-31-19)24-22(29)25-21/h1-2,5-6,17,19,21H,3-4,7-15H2,(H2,24,25,29)/t17-,19-,21-/m0/s1. The van der Waals surface area contributed by atoms with Crippen molar-refractivity contribution in [2.24, 2.45) is 0 Å². The molecule has 0 radical (unpaired) electrons. The summed E-state index contributed by atoms with van der Waals surface area (Å²) in [6.45, 7) is 4.75. The second-order valence-corrected chi connectivity index (χ2v) is 10.0. The highest BCUT2D eigenvalue weighted by Gasteiger charge is 2.42. The van der Waals surface area contributed by atoms with Crippen LogP contribution in [0.3, 0.4) is 0 Å². The number of carbonyl (C=O) groups is 2. The number of para-hydroxylation sites is 1. The van der Waals surface area contributed by atoms with Gasteiger partial charge in [0.15, 0.2) is 0 Å². The van der Waals surface area contributed by atoms with Crippen molar-refractivity contribution in [2.45, 2.75) is 43.0 Å². The number of halogens is 1. The topological polar surface area (TPSA) is 73.9 Å². The Hall–Kier alpha value is -1.64. The highest BCUT2D eigenvalue weighted by atomic mass is 35.5. The molecule has 3 saturated heterocycles. The molecule has 0 spiro atoms. The summed E-state index contributed by atoms with van der Waals surface area (Å²) < 4.78 is 5.77. The zero-order valence-electron chi connectivity index (χ0n) is 17.7. The second kappa shape index (κ2) is 10.8. The van der Waals surface area contributed by atoms with E-state index in [1.165, 1.54) is 0 Å². The largest absolute Gasteiger partial charge is 0.491 e. The number of ether oxygens (including phenoxy) is 1. The van der Waals surface area contributed by atoms with Crippen molar-refractivity contribution in [3.05, 3.63) is 29.3 Å². The summed E-state index contributed by atoms with van der Waals surface area (Å²) in [4.78, 5) is 28.3. The summed E-state index contributed by atoms with van der Waals surface area (Å²) in [7, 11) is 0. The predicted octanol–water partition coefficient (Wildman–Crippen LogP) is 2.59. The maximum Gasteiger partial charge on any atom is 0.315 e. The molecular weight excluding hydrogens is 436 g/mol. The van der Waals surface area contributed by atoms with E-state index in [4.69, 9.17) is 16.3 Å². The average molecular weight is 467 g/mol. The van der Waals surface area contributed by atoms with Crippen molar-refractivity contribution in [3.63, 3.8) is 0 Å². The number of carbonyl (C=O) groups excluding carboxylic acids is 2. The Morgan fingerprint density at radius 3 is 2.77 bits per heavy atom. The van der Waals surface area contributed by atoms with Crippen LogP contribution >= 0.6 is 23.4 Å². The van der Waals surface area contributed by atoms with Gasteiger partial charge >= 0.3 is 6.03 Å². The van der Waals surface area contributed by atoms with Gasteiger partial charge in [0, 0.05) is 50.1 Å². The van der Waals surface area contributed by atoms with Gasteiger partial charge in [-0.1, -0.05) is 30.2 Å². The van der Waals surface area contributed by atoms with Crippen LogP contribution in [0.4, 0.5) is 4.79 Å². The number of nitrogens with zero attached hydrogens (tertiary/aromatic N) is 2. The highest BCUT2D eigenvalue weighted by Crippen LogP contribution is 2.33. The van der Waals surface area contributed by atoms with Crippen molar-refractivity contribution < 1.29 is 14.3 Å². The summed E-state index contributed by atoms with van der Waals surface area (Å²) in [6.07, 6.45) is 3.62. The first-order valence-electron chi connectivity index (χ1n) is 11.2. The summed E-state index contributed by atoms with van der Waals surface area (Å²) >= 11 is 8.05. The lowest BCUT2D eigenvalue weighted by molar-refractivity contribution is -0.133. The molecule has 3 amide bonds. The fraction of sp³-hybridized carbons (Fsp3) is 0.636. The number of urea groups is 1. The number of amides is 3. The summed E-state index contributed by atoms with van der Waals surface area (Å²) in [5.74, 6) is 1.97. The normalized spacial score (nSPS) is 25.8. The minimum absolute atomic E-state index is 0.0370. The van der Waals surface area contributed by atoms with Gasteiger partial charge in [0.25, 0.3) is 0 Å². The van der Waals surface area contributed by atoms with Gasteiger partial charge in [-0.2, -0.15) is 11.8 Å². The molecule has 3 heterocycles. The van der Waals surface area contributed by atoms with Crippen LogP contribution in [0.5, 0.6) is 5.75 Å². The van der Waals surface area contributed by atoms with E-state index in [2.05, 4.69) is 15.5 Å². The van der Waals surface area contributed by atoms with Crippen LogP contribution < -0.4 is 15.4 Å². The molecule has 0 saturated carbocycles. The molecule has 1 aromatic rings. The molecule has 1 aromatic carbocycles. The number of nitrogens with one attached hydrogen (secondary N) is 2. The number of unbranched alkanes of at least 4 members (excludes halogenated alkanes) is 1. The molecule has 7 nitrogen and oxygen atoms in total. The Morgan fingerprint density at radius 2 is 1.97 bits per heavy atom. The number of thioether (sulfide) groups is 1. The highest BCUT2D eigenvalue weighted by molar-refractivity contribution is 8.00. The van der Waals surface area contributed by atoms with Gasteiger partial charge < -0.3 is 20.3 Å². The minimum Gasteiger partial charge on any atom is -0.491 e. The molecule has 3 atom stereocenters. The number of fused-ring (bicyclic) bond motifs is 1. The maximum atomic E-state index is 12.6. The molecule has 4 rings (SSSR count). The first-order valence-corrected chi connectivity index (χ1v) is 12.6. The third-order valence-electron chi connectivity index (χ3n) is 6.29. The lowest BCUT2D eigenvalue weighted by atomic mass is 10.0. The molecule has 3 fully saturated rings. The molecular formula is C22H31ClN4O3S. The van der Waals surface area contributed by atoms with Crippen LogP contribution in [0.15, 0.2) is 24.3 Å². The zero-order valence-corrected chi connectivity index (χ0v) is 19.3. The smallest absolute Gasteiger partial charge is 0.315 e. The van der Waals surface area contributed by atoms with Crippen molar-refractivity contribution in [2.75, 3.05) is 45.1 Å². The van der Waals surface area contributed by atoms with Gasteiger partial charge in [-0.15, -0.1) is 0 Å². The number of hydrogen-bond acceptors (Lipinski definition) is 5. The fourth-order valence-electron chi connectivity index (χ4n) is 4.49. The van der Waals surface area contributed by atoms with Gasteiger partial charge in [-0.3, -0.25) is 9.69 Å². The molecule has 31 heavy (non-hydrogen) atoms. The lowest BCUT2D eigenvalue weighted by Gasteiger charge is -2.34. The van der Waals surface area contributed by atoms with Crippen LogP contribution in [-0.2, 0) is 4.79 Å². The number of hydrogen-bond donors (Lipinski definition) is 2. The molecule has 0 aliphatic carbocycles. The third-order valence-corrected chi connectivity index (χ3v) is 8.12. The molecule has 170 valence electrons. The lowest BCUT2D eigenvalue weighted by Crippen LogP contribution is -2.49. The monoisotopic (exact) mass is 466 g/mol. The van der Waals surface area contributed by atoms with Crippen molar-refractivity contribution >= 4 is 35.3 Å². The van der Waals surface area contributed by atoms with Crippen LogP contribution in [-0.4, -0.2) is 84.2 Å². The van der Waals surface area contributed by atoms with Gasteiger partial charge in [-0.05, 0) is 25.0 Å².